The number of carbonyl (C=O) groups excluding carboxylic acids is 2. The number of carbonyl (C=O) groups is 2. The van der Waals surface area contributed by atoms with E-state index in [2.05, 4.69) is 0 Å². The molecule has 0 amide bonds. The van der Waals surface area contributed by atoms with Crippen LogP contribution in [0.2, 0.25) is 0 Å². The molecule has 1 aliphatic carbocycles. The van der Waals surface area contributed by atoms with Crippen molar-refractivity contribution in [3.8, 4) is 0 Å². The Morgan fingerprint density at radius 2 is 1.05 bits per heavy atom. The van der Waals surface area contributed by atoms with E-state index in [0.717, 1.165) is 22.3 Å². The van der Waals surface area contributed by atoms with Crippen molar-refractivity contribution < 1.29 is 18.4 Å². The maximum Gasteiger partial charge on any atom is 0.170 e. The lowest BCUT2D eigenvalue weighted by Crippen LogP contribution is -2.41. The Kier molecular flexibility index (Phi) is 7.15. The van der Waals surface area contributed by atoms with Gasteiger partial charge in [-0.1, -0.05) is 98.8 Å². The third-order valence-corrected chi connectivity index (χ3v) is 7.66. The molecule has 1 aliphatic rings. The van der Waals surface area contributed by atoms with Gasteiger partial charge in [0.15, 0.2) is 11.6 Å². The molecule has 4 heteroatoms. The van der Waals surface area contributed by atoms with Gasteiger partial charge in [-0.15, -0.1) is 0 Å². The molecule has 2 nitrogen and oxygen atoms in total. The molecule has 38 heavy (non-hydrogen) atoms. The van der Waals surface area contributed by atoms with Crippen LogP contribution in [-0.2, 0) is 0 Å². The molecule has 0 aliphatic heterocycles. The minimum absolute atomic E-state index is 0.206. The van der Waals surface area contributed by atoms with Gasteiger partial charge in [0, 0.05) is 17.0 Å². The van der Waals surface area contributed by atoms with Crippen LogP contribution in [-0.4, -0.2) is 11.6 Å². The number of hydrogen-bond donors (Lipinski definition) is 0. The van der Waals surface area contributed by atoms with Crippen LogP contribution in [0.4, 0.5) is 8.78 Å². The molecular formula is C34H28F2O2. The third-order valence-electron chi connectivity index (χ3n) is 7.66. The molecule has 0 unspecified atom stereocenters. The van der Waals surface area contributed by atoms with E-state index >= 15 is 0 Å². The zero-order valence-corrected chi connectivity index (χ0v) is 21.3. The van der Waals surface area contributed by atoms with Crippen LogP contribution in [0.5, 0.6) is 0 Å². The highest BCUT2D eigenvalue weighted by atomic mass is 19.1. The molecular weight excluding hydrogens is 478 g/mol. The molecule has 5 rings (SSSR count). The van der Waals surface area contributed by atoms with Crippen molar-refractivity contribution in [2.24, 2.45) is 23.7 Å². The summed E-state index contributed by atoms with van der Waals surface area (Å²) in [5.74, 6) is -3.43. The summed E-state index contributed by atoms with van der Waals surface area (Å²) in [7, 11) is 0. The number of rotatable bonds is 6. The van der Waals surface area contributed by atoms with E-state index in [1.807, 2.05) is 74.5 Å². The number of allylic oxidation sites excluding steroid dienone is 2. The monoisotopic (exact) mass is 506 g/mol. The molecule has 0 radical (unpaired) electrons. The molecule has 4 atom stereocenters. The van der Waals surface area contributed by atoms with Crippen LogP contribution in [0.1, 0.15) is 45.7 Å². The van der Waals surface area contributed by atoms with Crippen molar-refractivity contribution in [1.82, 2.24) is 0 Å². The van der Waals surface area contributed by atoms with Crippen molar-refractivity contribution in [2.75, 3.05) is 0 Å². The highest BCUT2D eigenvalue weighted by Gasteiger charge is 2.47. The molecule has 0 bridgehead atoms. The van der Waals surface area contributed by atoms with E-state index in [9.17, 15) is 18.4 Å². The van der Waals surface area contributed by atoms with Crippen molar-refractivity contribution in [2.45, 2.75) is 13.8 Å². The molecule has 0 aromatic heterocycles. The summed E-state index contributed by atoms with van der Waals surface area (Å²) in [6, 6.07) is 30.9. The summed E-state index contributed by atoms with van der Waals surface area (Å²) in [5, 5.41) is 0. The van der Waals surface area contributed by atoms with Gasteiger partial charge >= 0.3 is 0 Å². The summed E-state index contributed by atoms with van der Waals surface area (Å²) in [4.78, 5) is 28.2. The van der Waals surface area contributed by atoms with Gasteiger partial charge in [-0.3, -0.25) is 9.59 Å². The molecule has 4 aromatic rings. The third kappa shape index (κ3) is 4.74. The lowest BCUT2D eigenvalue weighted by Gasteiger charge is -2.42. The fraction of sp³-hybridized carbons (Fsp3) is 0.176. The molecule has 0 heterocycles. The van der Waals surface area contributed by atoms with E-state index in [1.54, 1.807) is 12.1 Å². The van der Waals surface area contributed by atoms with Crippen molar-refractivity contribution in [3.63, 3.8) is 0 Å². The van der Waals surface area contributed by atoms with Crippen molar-refractivity contribution in [3.05, 3.63) is 143 Å². The first-order valence-corrected chi connectivity index (χ1v) is 12.8. The normalized spacial score (nSPS) is 21.3. The average Bonchev–Trinajstić information content (AvgIpc) is 2.93. The van der Waals surface area contributed by atoms with E-state index in [-0.39, 0.29) is 28.6 Å². The van der Waals surface area contributed by atoms with Crippen LogP contribution in [0.15, 0.2) is 109 Å². The Bertz CT molecular complexity index is 1510. The van der Waals surface area contributed by atoms with Gasteiger partial charge in [-0.05, 0) is 58.4 Å². The summed E-state index contributed by atoms with van der Waals surface area (Å²) in [6.07, 6.45) is 0. The molecule has 0 spiro atoms. The molecule has 0 N–H and O–H groups in total. The lowest BCUT2D eigenvalue weighted by atomic mass is 9.59. The summed E-state index contributed by atoms with van der Waals surface area (Å²) in [5.41, 5.74) is 4.08. The maximum absolute atomic E-state index is 14.2. The second-order valence-corrected chi connectivity index (χ2v) is 9.96. The van der Waals surface area contributed by atoms with Gasteiger partial charge in [0.05, 0.1) is 5.92 Å². The van der Waals surface area contributed by atoms with Gasteiger partial charge in [0.1, 0.15) is 11.6 Å². The minimum atomic E-state index is -0.715. The summed E-state index contributed by atoms with van der Waals surface area (Å²) >= 11 is 0. The van der Waals surface area contributed by atoms with Gasteiger partial charge < -0.3 is 0 Å². The largest absolute Gasteiger partial charge is 0.294 e. The van der Waals surface area contributed by atoms with Crippen molar-refractivity contribution >= 4 is 22.7 Å². The predicted molar refractivity (Wildman–Crippen MR) is 146 cm³/mol. The lowest BCUT2D eigenvalue weighted by molar-refractivity contribution is 0.0763. The highest BCUT2D eigenvalue weighted by Crippen LogP contribution is 2.52. The van der Waals surface area contributed by atoms with E-state index in [1.165, 1.54) is 36.4 Å². The summed E-state index contributed by atoms with van der Waals surface area (Å²) < 4.78 is 28.4. The summed E-state index contributed by atoms with van der Waals surface area (Å²) in [6.45, 7) is 3.91. The maximum atomic E-state index is 14.2. The Balaban J connectivity index is 1.78. The van der Waals surface area contributed by atoms with E-state index in [0.29, 0.717) is 0 Å². The minimum Gasteiger partial charge on any atom is -0.294 e. The molecule has 0 saturated carbocycles. The van der Waals surface area contributed by atoms with Crippen molar-refractivity contribution in [1.29, 1.82) is 0 Å². The number of benzene rings is 4. The van der Waals surface area contributed by atoms with Crippen LogP contribution >= 0.6 is 0 Å². The van der Waals surface area contributed by atoms with E-state index < -0.39 is 29.4 Å². The Morgan fingerprint density at radius 1 is 0.579 bits per heavy atom. The fourth-order valence-electron chi connectivity index (χ4n) is 6.00. The van der Waals surface area contributed by atoms with Crippen LogP contribution in [0, 0.1) is 35.3 Å². The molecule has 4 aromatic carbocycles. The smallest absolute Gasteiger partial charge is 0.170 e. The van der Waals surface area contributed by atoms with Crippen LogP contribution < -0.4 is 0 Å². The molecule has 0 saturated heterocycles. The molecule has 190 valence electrons. The van der Waals surface area contributed by atoms with E-state index in [4.69, 9.17) is 0 Å². The second-order valence-electron chi connectivity index (χ2n) is 9.96. The number of halogens is 2. The Hall–Kier alpha value is -4.18. The quantitative estimate of drug-likeness (QED) is 0.247. The standard InChI is InChI=1S/C34H28F2O2/c1-21-29(33(37)25-15-9-17-27(35)19-25)22(2)31(34(38)26-16-10-18-28(36)20-26)32(24-13-7-4-8-14-24)30(21)23-11-5-3-6-12-23/h3-22,29,31H,1-2H3/t21-,22+,29+,31-/m1/s1. The number of hydrogen-bond acceptors (Lipinski definition) is 2. The van der Waals surface area contributed by atoms with Crippen LogP contribution in [0.3, 0.4) is 0 Å². The van der Waals surface area contributed by atoms with Gasteiger partial charge in [-0.2, -0.15) is 0 Å². The van der Waals surface area contributed by atoms with Crippen LogP contribution in [0.25, 0.3) is 11.1 Å². The SMILES string of the molecule is C[C@@H]1[C@@H](C(=O)c2cccc(F)c2)C(c2ccccc2)=C(c2ccccc2)[C@H](C)[C@@H]1C(=O)c1cccc(F)c1. The van der Waals surface area contributed by atoms with Gasteiger partial charge in [0.2, 0.25) is 0 Å². The second kappa shape index (κ2) is 10.7. The number of ketones is 2. The number of Topliss-reactive ketones (excluding diaryl/α,β-unsaturated/α-hetero) is 2. The molecule has 0 fully saturated rings. The first kappa shape index (κ1) is 25.5. The Morgan fingerprint density at radius 3 is 1.55 bits per heavy atom. The van der Waals surface area contributed by atoms with Gasteiger partial charge in [0.25, 0.3) is 0 Å². The first-order chi connectivity index (χ1) is 18.4. The predicted octanol–water partition coefficient (Wildman–Crippen LogP) is 8.16. The fourth-order valence-corrected chi connectivity index (χ4v) is 6.00. The Labute approximate surface area is 221 Å². The average molecular weight is 507 g/mol. The highest BCUT2D eigenvalue weighted by molar-refractivity contribution is 6.12. The topological polar surface area (TPSA) is 34.1 Å². The van der Waals surface area contributed by atoms with Gasteiger partial charge in [-0.25, -0.2) is 8.78 Å². The zero-order valence-electron chi connectivity index (χ0n) is 21.3. The zero-order chi connectivity index (χ0) is 26.8. The first-order valence-electron chi connectivity index (χ1n) is 12.8.